The number of sulfonamides is 1. The third-order valence-electron chi connectivity index (χ3n) is 4.00. The Bertz CT molecular complexity index is 1170. The summed E-state index contributed by atoms with van der Waals surface area (Å²) in [5.74, 6) is -0.985. The molecule has 0 saturated carbocycles. The first kappa shape index (κ1) is 20.9. The second-order valence-corrected chi connectivity index (χ2v) is 8.44. The van der Waals surface area contributed by atoms with Crippen LogP contribution in [-0.2, 0) is 14.8 Å². The molecule has 7 nitrogen and oxygen atoms in total. The molecular formula is C19H18FNO6S2. The largest absolute Gasteiger partial charge is 0.497 e. The lowest BCUT2D eigenvalue weighted by Crippen LogP contribution is -2.17. The lowest BCUT2D eigenvalue weighted by molar-refractivity contribution is 0.0528. The number of esters is 1. The topological polar surface area (TPSA) is 90.9 Å². The average molecular weight is 439 g/mol. The molecule has 3 rings (SSSR count). The van der Waals surface area contributed by atoms with Crippen LogP contribution in [0.3, 0.4) is 0 Å². The van der Waals surface area contributed by atoms with E-state index in [1.54, 1.807) is 13.0 Å². The van der Waals surface area contributed by atoms with Gasteiger partial charge in [-0.3, -0.25) is 4.72 Å². The number of thiophene rings is 1. The molecule has 0 spiro atoms. The summed E-state index contributed by atoms with van der Waals surface area (Å²) in [6.45, 7) is 1.64. The molecule has 0 bridgehead atoms. The minimum atomic E-state index is -4.39. The maximum absolute atomic E-state index is 14.6. The molecule has 0 saturated heterocycles. The molecule has 0 aliphatic heterocycles. The molecule has 0 aliphatic rings. The quantitative estimate of drug-likeness (QED) is 0.559. The standard InChI is InChI=1S/C19H18FNO6S2/c1-4-27-19(22)17-18(16-12(20)6-5-7-15(16)28-17)29(23,24)21-13-10-11(25-2)8-9-14(13)26-3/h5-10,21H,4H2,1-3H3. The van der Waals surface area contributed by atoms with Gasteiger partial charge in [0.05, 0.1) is 26.5 Å². The van der Waals surface area contributed by atoms with Crippen LogP contribution in [0.2, 0.25) is 0 Å². The number of hydrogen-bond acceptors (Lipinski definition) is 7. The van der Waals surface area contributed by atoms with Gasteiger partial charge in [0.25, 0.3) is 10.0 Å². The number of ether oxygens (including phenoxy) is 3. The number of carbonyl (C=O) groups excluding carboxylic acids is 1. The lowest BCUT2D eigenvalue weighted by Gasteiger charge is -2.14. The highest BCUT2D eigenvalue weighted by molar-refractivity contribution is 7.93. The Balaban J connectivity index is 2.21. The molecule has 154 valence electrons. The molecule has 0 amide bonds. The summed E-state index contributed by atoms with van der Waals surface area (Å²) >= 11 is 0.852. The Morgan fingerprint density at radius 2 is 1.93 bits per heavy atom. The van der Waals surface area contributed by atoms with Crippen LogP contribution in [0.5, 0.6) is 11.5 Å². The van der Waals surface area contributed by atoms with Crippen LogP contribution in [0.4, 0.5) is 10.1 Å². The Morgan fingerprint density at radius 3 is 2.59 bits per heavy atom. The van der Waals surface area contributed by atoms with Crippen molar-refractivity contribution >= 4 is 43.1 Å². The van der Waals surface area contributed by atoms with E-state index in [1.165, 1.54) is 38.5 Å². The Morgan fingerprint density at radius 1 is 1.17 bits per heavy atom. The highest BCUT2D eigenvalue weighted by atomic mass is 32.2. The van der Waals surface area contributed by atoms with Crippen molar-refractivity contribution in [2.75, 3.05) is 25.5 Å². The van der Waals surface area contributed by atoms with Gasteiger partial charge in [-0.2, -0.15) is 0 Å². The van der Waals surface area contributed by atoms with E-state index in [2.05, 4.69) is 4.72 Å². The van der Waals surface area contributed by atoms with E-state index in [0.717, 1.165) is 17.4 Å². The Labute approximate surface area is 171 Å². The van der Waals surface area contributed by atoms with Crippen molar-refractivity contribution in [1.82, 2.24) is 0 Å². The number of rotatable bonds is 7. The van der Waals surface area contributed by atoms with Gasteiger partial charge in [-0.05, 0) is 31.2 Å². The second kappa shape index (κ2) is 8.26. The molecule has 1 aromatic heterocycles. The first-order valence-electron chi connectivity index (χ1n) is 8.45. The van der Waals surface area contributed by atoms with Crippen LogP contribution in [-0.4, -0.2) is 35.2 Å². The number of halogens is 1. The van der Waals surface area contributed by atoms with Gasteiger partial charge in [0.15, 0.2) is 0 Å². The molecule has 0 unspecified atom stereocenters. The van der Waals surface area contributed by atoms with Crippen LogP contribution in [0.15, 0.2) is 41.3 Å². The van der Waals surface area contributed by atoms with E-state index in [-0.39, 0.29) is 28.3 Å². The summed E-state index contributed by atoms with van der Waals surface area (Å²) in [5.41, 5.74) is 0.0809. The van der Waals surface area contributed by atoms with E-state index in [4.69, 9.17) is 14.2 Å². The van der Waals surface area contributed by atoms with Crippen LogP contribution in [0.25, 0.3) is 10.1 Å². The first-order chi connectivity index (χ1) is 13.8. The lowest BCUT2D eigenvalue weighted by atomic mass is 10.2. The van der Waals surface area contributed by atoms with E-state index in [9.17, 15) is 17.6 Å². The fourth-order valence-electron chi connectivity index (χ4n) is 2.76. The van der Waals surface area contributed by atoms with Gasteiger partial charge in [-0.25, -0.2) is 17.6 Å². The van der Waals surface area contributed by atoms with Gasteiger partial charge in [-0.1, -0.05) is 6.07 Å². The smallest absolute Gasteiger partial charge is 0.349 e. The zero-order valence-electron chi connectivity index (χ0n) is 15.8. The molecule has 1 heterocycles. The summed E-state index contributed by atoms with van der Waals surface area (Å²) in [6, 6.07) is 8.66. The third-order valence-corrected chi connectivity index (χ3v) is 6.70. The van der Waals surface area contributed by atoms with Gasteiger partial charge in [0.1, 0.15) is 27.1 Å². The molecule has 2 aromatic carbocycles. The van der Waals surface area contributed by atoms with Gasteiger partial charge >= 0.3 is 5.97 Å². The van der Waals surface area contributed by atoms with E-state index in [0.29, 0.717) is 10.4 Å². The number of fused-ring (bicyclic) bond motifs is 1. The maximum atomic E-state index is 14.6. The van der Waals surface area contributed by atoms with Crippen molar-refractivity contribution in [2.45, 2.75) is 11.8 Å². The van der Waals surface area contributed by atoms with E-state index < -0.39 is 26.7 Å². The SMILES string of the molecule is CCOC(=O)c1sc2cccc(F)c2c1S(=O)(=O)Nc1cc(OC)ccc1OC. The first-order valence-corrected chi connectivity index (χ1v) is 10.7. The fraction of sp³-hybridized carbons (Fsp3) is 0.211. The average Bonchev–Trinajstić information content (AvgIpc) is 3.10. The van der Waals surface area contributed by atoms with Gasteiger partial charge in [0, 0.05) is 16.2 Å². The number of hydrogen-bond donors (Lipinski definition) is 1. The van der Waals surface area contributed by atoms with Crippen LogP contribution < -0.4 is 14.2 Å². The van der Waals surface area contributed by atoms with Crippen molar-refractivity contribution in [1.29, 1.82) is 0 Å². The molecule has 1 N–H and O–H groups in total. The van der Waals surface area contributed by atoms with Crippen molar-refractivity contribution in [2.24, 2.45) is 0 Å². The summed E-state index contributed by atoms with van der Waals surface area (Å²) in [4.78, 5) is 11.7. The highest BCUT2D eigenvalue weighted by Gasteiger charge is 2.31. The van der Waals surface area contributed by atoms with Gasteiger partial charge in [-0.15, -0.1) is 11.3 Å². The Kier molecular flexibility index (Phi) is 5.94. The number of nitrogens with one attached hydrogen (secondary N) is 1. The second-order valence-electron chi connectivity index (χ2n) is 5.77. The van der Waals surface area contributed by atoms with Crippen LogP contribution >= 0.6 is 11.3 Å². The number of carbonyl (C=O) groups is 1. The molecule has 29 heavy (non-hydrogen) atoms. The molecule has 0 aliphatic carbocycles. The molecule has 0 atom stereocenters. The highest BCUT2D eigenvalue weighted by Crippen LogP contribution is 2.39. The minimum Gasteiger partial charge on any atom is -0.497 e. The van der Waals surface area contributed by atoms with Crippen molar-refractivity contribution in [3.05, 3.63) is 47.1 Å². The zero-order valence-corrected chi connectivity index (χ0v) is 17.4. The minimum absolute atomic E-state index is 0.0478. The number of anilines is 1. The molecule has 0 radical (unpaired) electrons. The fourth-order valence-corrected chi connectivity index (χ4v) is 5.64. The van der Waals surface area contributed by atoms with E-state index >= 15 is 0 Å². The predicted molar refractivity (Wildman–Crippen MR) is 108 cm³/mol. The van der Waals surface area contributed by atoms with Crippen molar-refractivity contribution in [3.63, 3.8) is 0 Å². The summed E-state index contributed by atoms with van der Waals surface area (Å²) < 4.78 is 59.0. The maximum Gasteiger partial charge on any atom is 0.349 e. The Hall–Kier alpha value is -2.85. The molecular weight excluding hydrogens is 421 g/mol. The van der Waals surface area contributed by atoms with Crippen molar-refractivity contribution < 1.29 is 31.8 Å². The summed E-state index contributed by atoms with van der Waals surface area (Å²) in [7, 11) is -1.58. The number of benzene rings is 2. The van der Waals surface area contributed by atoms with E-state index in [1.807, 2.05) is 0 Å². The summed E-state index contributed by atoms with van der Waals surface area (Å²) in [5, 5.41) is -0.171. The predicted octanol–water partition coefficient (Wildman–Crippen LogP) is 4.04. The van der Waals surface area contributed by atoms with Gasteiger partial charge < -0.3 is 14.2 Å². The monoisotopic (exact) mass is 439 g/mol. The van der Waals surface area contributed by atoms with Gasteiger partial charge in [0.2, 0.25) is 0 Å². The molecule has 0 fully saturated rings. The third kappa shape index (κ3) is 3.99. The number of methoxy groups -OCH3 is 2. The van der Waals surface area contributed by atoms with Crippen molar-refractivity contribution in [3.8, 4) is 11.5 Å². The molecule has 3 aromatic rings. The summed E-state index contributed by atoms with van der Waals surface area (Å²) in [6.07, 6.45) is 0. The van der Waals surface area contributed by atoms with Crippen LogP contribution in [0.1, 0.15) is 16.6 Å². The molecule has 10 heteroatoms. The van der Waals surface area contributed by atoms with Crippen LogP contribution in [0, 0.1) is 5.82 Å². The normalized spacial score (nSPS) is 11.3. The zero-order chi connectivity index (χ0) is 21.2.